The molecule has 1 atom stereocenters. The third-order valence-corrected chi connectivity index (χ3v) is 7.42. The lowest BCUT2D eigenvalue weighted by Gasteiger charge is -2.22. The van der Waals surface area contributed by atoms with E-state index in [9.17, 15) is 18.0 Å². The molecule has 1 N–H and O–H groups in total. The van der Waals surface area contributed by atoms with Gasteiger partial charge < -0.3 is 10.1 Å². The predicted octanol–water partition coefficient (Wildman–Crippen LogP) is 2.94. The Balaban J connectivity index is 1.90. The molecule has 8 nitrogen and oxygen atoms in total. The normalized spacial score (nSPS) is 15.5. The summed E-state index contributed by atoms with van der Waals surface area (Å²) in [4.78, 5) is 26.2. The zero-order valence-corrected chi connectivity index (χ0v) is 19.1. The summed E-state index contributed by atoms with van der Waals surface area (Å²) in [5.41, 5.74) is 1.73. The molecule has 1 amide bonds. The summed E-state index contributed by atoms with van der Waals surface area (Å²) in [5, 5.41) is 12.2. The van der Waals surface area contributed by atoms with Crippen LogP contribution in [0, 0.1) is 17.2 Å². The molecule has 1 unspecified atom stereocenters. The fraction of sp³-hybridized carbons (Fsp3) is 0.381. The second-order valence-corrected chi connectivity index (χ2v) is 10.5. The molecule has 10 heteroatoms. The molecule has 0 saturated carbocycles. The van der Waals surface area contributed by atoms with E-state index in [2.05, 4.69) is 12.2 Å². The summed E-state index contributed by atoms with van der Waals surface area (Å²) in [7, 11) is -2.51. The molecular formula is C21H23N3O5S2. The van der Waals surface area contributed by atoms with Crippen LogP contribution in [0.5, 0.6) is 0 Å². The van der Waals surface area contributed by atoms with Crippen molar-refractivity contribution in [3.05, 3.63) is 45.8 Å². The van der Waals surface area contributed by atoms with Gasteiger partial charge in [-0.2, -0.15) is 5.26 Å². The first-order valence-corrected chi connectivity index (χ1v) is 12.3. The monoisotopic (exact) mass is 461 g/mol. The maximum atomic E-state index is 12.8. The molecule has 164 valence electrons. The van der Waals surface area contributed by atoms with Gasteiger partial charge in [0.15, 0.2) is 0 Å². The lowest BCUT2D eigenvalue weighted by molar-refractivity contribution is -0.114. The number of benzene rings is 1. The number of carbonyl (C=O) groups excluding carboxylic acids is 2. The van der Waals surface area contributed by atoms with E-state index < -0.39 is 28.4 Å². The summed E-state index contributed by atoms with van der Waals surface area (Å²) in [6.45, 7) is 1.64. The Bertz CT molecular complexity index is 1160. The van der Waals surface area contributed by atoms with Gasteiger partial charge >= 0.3 is 5.97 Å². The molecule has 0 spiro atoms. The van der Waals surface area contributed by atoms with E-state index in [-0.39, 0.29) is 11.3 Å². The van der Waals surface area contributed by atoms with Crippen LogP contribution in [0.1, 0.15) is 39.7 Å². The average molecular weight is 462 g/mol. The number of sulfonamides is 1. The number of nitriles is 1. The van der Waals surface area contributed by atoms with Gasteiger partial charge in [0.05, 0.1) is 36.2 Å². The molecule has 1 aliphatic rings. The summed E-state index contributed by atoms with van der Waals surface area (Å²) >= 11 is 1.33. The molecule has 0 fully saturated rings. The molecule has 31 heavy (non-hydrogen) atoms. The van der Waals surface area contributed by atoms with Gasteiger partial charge in [-0.1, -0.05) is 13.0 Å². The highest BCUT2D eigenvalue weighted by atomic mass is 32.2. The first-order chi connectivity index (χ1) is 14.6. The van der Waals surface area contributed by atoms with Gasteiger partial charge in [-0.15, -0.1) is 11.3 Å². The fourth-order valence-electron chi connectivity index (χ4n) is 3.58. The minimum Gasteiger partial charge on any atom is -0.465 e. The number of amides is 1. The zero-order chi connectivity index (χ0) is 22.8. The van der Waals surface area contributed by atoms with Crippen molar-refractivity contribution in [1.82, 2.24) is 0 Å². The van der Waals surface area contributed by atoms with Gasteiger partial charge in [-0.05, 0) is 48.9 Å². The number of nitrogens with one attached hydrogen (secondary N) is 1. The highest BCUT2D eigenvalue weighted by molar-refractivity contribution is 7.92. The Kier molecular flexibility index (Phi) is 6.67. The minimum atomic E-state index is -3.80. The maximum absolute atomic E-state index is 12.8. The topological polar surface area (TPSA) is 117 Å². The van der Waals surface area contributed by atoms with Crippen molar-refractivity contribution in [1.29, 1.82) is 5.26 Å². The summed E-state index contributed by atoms with van der Waals surface area (Å²) in [6.07, 6.45) is 3.47. The van der Waals surface area contributed by atoms with E-state index in [1.807, 2.05) is 6.07 Å². The molecule has 3 rings (SSSR count). The Morgan fingerprint density at radius 1 is 1.39 bits per heavy atom. The third kappa shape index (κ3) is 5.06. The largest absolute Gasteiger partial charge is 0.465 e. The van der Waals surface area contributed by atoms with Crippen LogP contribution < -0.4 is 9.62 Å². The van der Waals surface area contributed by atoms with Crippen molar-refractivity contribution in [2.24, 2.45) is 5.92 Å². The first kappa shape index (κ1) is 22.8. The van der Waals surface area contributed by atoms with Gasteiger partial charge in [0, 0.05) is 4.88 Å². The molecule has 1 heterocycles. The Morgan fingerprint density at radius 3 is 2.77 bits per heavy atom. The summed E-state index contributed by atoms with van der Waals surface area (Å²) in [6, 6.07) is 7.96. The van der Waals surface area contributed by atoms with Crippen molar-refractivity contribution < 1.29 is 22.7 Å². The average Bonchev–Trinajstić information content (AvgIpc) is 3.07. The Hall–Kier alpha value is -2.90. The van der Waals surface area contributed by atoms with Crippen LogP contribution in [-0.2, 0) is 32.4 Å². The number of thiophene rings is 1. The number of ether oxygens (including phenoxy) is 1. The van der Waals surface area contributed by atoms with Gasteiger partial charge in [-0.25, -0.2) is 13.2 Å². The number of rotatable bonds is 6. The minimum absolute atomic E-state index is 0.212. The van der Waals surface area contributed by atoms with Crippen LogP contribution in [0.4, 0.5) is 10.7 Å². The van der Waals surface area contributed by atoms with Crippen LogP contribution in [0.15, 0.2) is 24.3 Å². The van der Waals surface area contributed by atoms with Gasteiger partial charge in [0.25, 0.3) is 0 Å². The number of hydrogen-bond acceptors (Lipinski definition) is 7. The standard InChI is InChI=1S/C21H23N3O5S2/c1-13-7-8-16-17(9-13)30-20(19(16)21(26)29-2)23-18(25)12-24(31(3,27)28)15-6-4-5-14(10-15)11-22/h4-6,10,13H,7-9,12H2,1-3H3,(H,23,25). The highest BCUT2D eigenvalue weighted by Crippen LogP contribution is 2.40. The molecule has 0 bridgehead atoms. The predicted molar refractivity (Wildman–Crippen MR) is 119 cm³/mol. The molecule has 2 aromatic rings. The maximum Gasteiger partial charge on any atom is 0.341 e. The van der Waals surface area contributed by atoms with E-state index >= 15 is 0 Å². The van der Waals surface area contributed by atoms with E-state index in [0.717, 1.165) is 40.3 Å². The zero-order valence-electron chi connectivity index (χ0n) is 17.5. The van der Waals surface area contributed by atoms with Crippen LogP contribution >= 0.6 is 11.3 Å². The van der Waals surface area contributed by atoms with Gasteiger partial charge in [-0.3, -0.25) is 9.10 Å². The number of esters is 1. The summed E-state index contributed by atoms with van der Waals surface area (Å²) in [5.74, 6) is -0.637. The number of nitrogens with zero attached hydrogens (tertiary/aromatic N) is 2. The molecule has 1 aromatic heterocycles. The van der Waals surface area contributed by atoms with Crippen LogP contribution in [0.3, 0.4) is 0 Å². The number of carbonyl (C=O) groups is 2. The van der Waals surface area contributed by atoms with Crippen LogP contribution in [-0.4, -0.2) is 40.2 Å². The first-order valence-electron chi connectivity index (χ1n) is 9.64. The van der Waals surface area contributed by atoms with E-state index in [4.69, 9.17) is 10.00 Å². The van der Waals surface area contributed by atoms with E-state index in [0.29, 0.717) is 16.5 Å². The second kappa shape index (κ2) is 9.08. The molecular weight excluding hydrogens is 438 g/mol. The number of methoxy groups -OCH3 is 1. The van der Waals surface area contributed by atoms with Crippen molar-refractivity contribution in [2.75, 3.05) is 29.5 Å². The molecule has 0 radical (unpaired) electrons. The lowest BCUT2D eigenvalue weighted by Crippen LogP contribution is -2.37. The van der Waals surface area contributed by atoms with Crippen molar-refractivity contribution in [3.63, 3.8) is 0 Å². The van der Waals surface area contributed by atoms with Crippen molar-refractivity contribution >= 4 is 43.9 Å². The van der Waals surface area contributed by atoms with Gasteiger partial charge in [0.2, 0.25) is 15.9 Å². The molecule has 0 aliphatic heterocycles. The molecule has 0 saturated heterocycles. The molecule has 1 aromatic carbocycles. The highest BCUT2D eigenvalue weighted by Gasteiger charge is 2.30. The lowest BCUT2D eigenvalue weighted by atomic mass is 9.88. The van der Waals surface area contributed by atoms with Crippen LogP contribution in [0.2, 0.25) is 0 Å². The number of anilines is 2. The number of hydrogen-bond donors (Lipinski definition) is 1. The smallest absolute Gasteiger partial charge is 0.341 e. The fourth-order valence-corrected chi connectivity index (χ4v) is 5.85. The quantitative estimate of drug-likeness (QED) is 0.661. The second-order valence-electron chi connectivity index (χ2n) is 7.53. The number of fused-ring (bicyclic) bond motifs is 1. The Labute approximate surface area is 185 Å². The van der Waals surface area contributed by atoms with Crippen LogP contribution in [0.25, 0.3) is 0 Å². The SMILES string of the molecule is COC(=O)c1c(NC(=O)CN(c2cccc(C#N)c2)S(C)(=O)=O)sc2c1CCC(C)C2. The molecule has 1 aliphatic carbocycles. The third-order valence-electron chi connectivity index (χ3n) is 5.10. The van der Waals surface area contributed by atoms with E-state index in [1.165, 1.54) is 30.6 Å². The summed E-state index contributed by atoms with van der Waals surface area (Å²) < 4.78 is 30.5. The van der Waals surface area contributed by atoms with E-state index in [1.54, 1.807) is 12.1 Å². The van der Waals surface area contributed by atoms with Crippen molar-refractivity contribution in [3.8, 4) is 6.07 Å². The van der Waals surface area contributed by atoms with Gasteiger partial charge in [0.1, 0.15) is 11.5 Å². The van der Waals surface area contributed by atoms with Crippen molar-refractivity contribution in [2.45, 2.75) is 26.2 Å². The Morgan fingerprint density at radius 2 is 2.13 bits per heavy atom.